The van der Waals surface area contributed by atoms with Crippen LogP contribution in [0.1, 0.15) is 31.4 Å². The van der Waals surface area contributed by atoms with Gasteiger partial charge in [-0.2, -0.15) is 12.6 Å². The van der Waals surface area contributed by atoms with Crippen LogP contribution in [0.15, 0.2) is 17.5 Å². The minimum atomic E-state index is -1.21. The first-order valence-electron chi connectivity index (χ1n) is 11.2. The van der Waals surface area contributed by atoms with Crippen molar-refractivity contribution in [2.75, 3.05) is 18.8 Å². The fraction of sp³-hybridized carbons (Fsp3) is 0.600. The largest absolute Gasteiger partial charge is 0.480 e. The van der Waals surface area contributed by atoms with Gasteiger partial charge in [0.05, 0.1) is 12.4 Å². The zero-order chi connectivity index (χ0) is 26.0. The third-order valence-corrected chi connectivity index (χ3v) is 5.92. The van der Waals surface area contributed by atoms with Crippen molar-refractivity contribution in [1.29, 1.82) is 0 Å². The van der Waals surface area contributed by atoms with E-state index in [1.807, 2.05) is 0 Å². The minimum absolute atomic E-state index is 0.00678. The van der Waals surface area contributed by atoms with Crippen LogP contribution in [0.3, 0.4) is 0 Å². The van der Waals surface area contributed by atoms with Crippen LogP contribution in [0.2, 0.25) is 0 Å². The molecule has 0 saturated carbocycles. The Morgan fingerprint density at radius 2 is 2.03 bits per heavy atom. The molecule has 0 spiro atoms. The Morgan fingerprint density at radius 3 is 2.63 bits per heavy atom. The van der Waals surface area contributed by atoms with Gasteiger partial charge in [-0.15, -0.1) is 0 Å². The number of carbonyl (C=O) groups excluding carboxylic acids is 3. The molecule has 4 atom stereocenters. The lowest BCUT2D eigenvalue weighted by atomic mass is 10.1. The number of imidazole rings is 1. The SMILES string of the molecule is NC(N)=NCCCC(NC(=O)C(N)CS)C(=O)N1CCCC1C(=O)NC(Cc1cnc[nH]1)C(=O)O. The quantitative estimate of drug-likeness (QED) is 0.0594. The molecule has 14 nitrogen and oxygen atoms in total. The summed E-state index contributed by atoms with van der Waals surface area (Å²) in [4.78, 5) is 62.3. The number of aromatic amines is 1. The maximum absolute atomic E-state index is 13.4. The summed E-state index contributed by atoms with van der Waals surface area (Å²) in [6.07, 6.45) is 4.40. The molecule has 0 radical (unpaired) electrons. The third kappa shape index (κ3) is 8.43. The molecular formula is C20H33N9O5S. The van der Waals surface area contributed by atoms with Crippen molar-refractivity contribution in [3.8, 4) is 0 Å². The van der Waals surface area contributed by atoms with Crippen molar-refractivity contribution in [2.45, 2.75) is 56.3 Å². The molecule has 1 aromatic heterocycles. The number of carbonyl (C=O) groups is 4. The predicted octanol–water partition coefficient (Wildman–Crippen LogP) is -2.69. The molecule has 1 aromatic rings. The zero-order valence-electron chi connectivity index (χ0n) is 19.2. The minimum Gasteiger partial charge on any atom is -0.480 e. The van der Waals surface area contributed by atoms with Crippen LogP contribution in [-0.4, -0.2) is 92.6 Å². The Morgan fingerprint density at radius 1 is 1.29 bits per heavy atom. The van der Waals surface area contributed by atoms with E-state index in [0.29, 0.717) is 25.0 Å². The molecule has 1 fully saturated rings. The molecule has 194 valence electrons. The highest BCUT2D eigenvalue weighted by Gasteiger charge is 2.39. The van der Waals surface area contributed by atoms with E-state index in [1.54, 1.807) is 0 Å². The topological polar surface area (TPSA) is 235 Å². The number of carboxylic acids is 1. The second kappa shape index (κ2) is 13.5. The molecule has 0 bridgehead atoms. The number of hydrogen-bond donors (Lipinski definition) is 8. The Bertz CT molecular complexity index is 907. The number of H-pyrrole nitrogens is 1. The van der Waals surface area contributed by atoms with E-state index in [0.717, 1.165) is 0 Å². The van der Waals surface area contributed by atoms with Crippen LogP contribution < -0.4 is 27.8 Å². The fourth-order valence-corrected chi connectivity index (χ4v) is 3.88. The number of guanidine groups is 1. The molecule has 0 aromatic carbocycles. The first-order valence-corrected chi connectivity index (χ1v) is 11.8. The van der Waals surface area contributed by atoms with Crippen molar-refractivity contribution in [2.24, 2.45) is 22.2 Å². The Kier molecular flexibility index (Phi) is 10.8. The number of hydrogen-bond acceptors (Lipinski definition) is 8. The number of aliphatic imine (C=N–C) groups is 1. The molecular weight excluding hydrogens is 478 g/mol. The summed E-state index contributed by atoms with van der Waals surface area (Å²) in [6, 6.07) is -3.95. The highest BCUT2D eigenvalue weighted by atomic mass is 32.1. The van der Waals surface area contributed by atoms with Gasteiger partial charge in [0.2, 0.25) is 17.7 Å². The molecule has 3 amide bonds. The lowest BCUT2D eigenvalue weighted by molar-refractivity contribution is -0.145. The molecule has 4 unspecified atom stereocenters. The molecule has 0 aliphatic carbocycles. The van der Waals surface area contributed by atoms with Crippen LogP contribution in [0, 0.1) is 0 Å². The van der Waals surface area contributed by atoms with Gasteiger partial charge in [0, 0.05) is 37.2 Å². The Balaban J connectivity index is 2.11. The molecule has 2 heterocycles. The average Bonchev–Trinajstić information content (AvgIpc) is 3.51. The first-order chi connectivity index (χ1) is 16.6. The Labute approximate surface area is 207 Å². The maximum Gasteiger partial charge on any atom is 0.326 e. The second-order valence-electron chi connectivity index (χ2n) is 8.17. The zero-order valence-corrected chi connectivity index (χ0v) is 20.1. The van der Waals surface area contributed by atoms with E-state index in [9.17, 15) is 24.3 Å². The highest BCUT2D eigenvalue weighted by Crippen LogP contribution is 2.20. The average molecular weight is 512 g/mol. The standard InChI is InChI=1S/C20H33N9O5S/c21-12(9-35)16(30)27-13(3-1-5-25-20(22)23)18(32)29-6-2-4-15(29)17(31)28-14(19(33)34)7-11-8-24-10-26-11/h8,10,12-15,35H,1-7,9,21H2,(H,24,26)(H,27,30)(H,28,31)(H,33,34)(H4,22,23,25). The van der Waals surface area contributed by atoms with Crippen LogP contribution in [0.4, 0.5) is 0 Å². The molecule has 35 heavy (non-hydrogen) atoms. The smallest absolute Gasteiger partial charge is 0.326 e. The van der Waals surface area contributed by atoms with E-state index in [-0.39, 0.29) is 37.6 Å². The number of thiol groups is 1. The van der Waals surface area contributed by atoms with Crippen LogP contribution in [0.5, 0.6) is 0 Å². The van der Waals surface area contributed by atoms with Gasteiger partial charge in [-0.05, 0) is 25.7 Å². The second-order valence-corrected chi connectivity index (χ2v) is 8.53. The predicted molar refractivity (Wildman–Crippen MR) is 130 cm³/mol. The maximum atomic E-state index is 13.4. The van der Waals surface area contributed by atoms with E-state index in [1.165, 1.54) is 17.4 Å². The van der Waals surface area contributed by atoms with Crippen LogP contribution >= 0.6 is 12.6 Å². The summed E-state index contributed by atoms with van der Waals surface area (Å²) in [5.41, 5.74) is 16.9. The lowest BCUT2D eigenvalue weighted by Crippen LogP contribution is -2.57. The van der Waals surface area contributed by atoms with Gasteiger partial charge in [-0.25, -0.2) is 9.78 Å². The summed E-state index contributed by atoms with van der Waals surface area (Å²) in [6.45, 7) is 0.534. The molecule has 10 N–H and O–H groups in total. The first kappa shape index (κ1) is 27.9. The van der Waals surface area contributed by atoms with E-state index < -0.39 is 47.9 Å². The van der Waals surface area contributed by atoms with Crippen molar-refractivity contribution in [3.05, 3.63) is 18.2 Å². The van der Waals surface area contributed by atoms with Gasteiger partial charge >= 0.3 is 5.97 Å². The third-order valence-electron chi connectivity index (χ3n) is 5.53. The van der Waals surface area contributed by atoms with E-state index in [4.69, 9.17) is 17.2 Å². The number of nitrogens with two attached hydrogens (primary N) is 3. The van der Waals surface area contributed by atoms with Gasteiger partial charge in [-0.3, -0.25) is 19.4 Å². The van der Waals surface area contributed by atoms with E-state index in [2.05, 4.69) is 38.2 Å². The fourth-order valence-electron chi connectivity index (χ4n) is 3.71. The monoisotopic (exact) mass is 511 g/mol. The molecule has 2 rings (SSSR count). The molecule has 1 aliphatic rings. The number of carboxylic acid groups (broad SMARTS) is 1. The number of rotatable bonds is 13. The van der Waals surface area contributed by atoms with Gasteiger partial charge in [0.1, 0.15) is 18.1 Å². The Hall–Kier alpha value is -3.33. The lowest BCUT2D eigenvalue weighted by Gasteiger charge is -2.30. The molecule has 1 aliphatic heterocycles. The van der Waals surface area contributed by atoms with E-state index >= 15 is 0 Å². The molecule has 1 saturated heterocycles. The summed E-state index contributed by atoms with van der Waals surface area (Å²) >= 11 is 4.01. The van der Waals surface area contributed by atoms with Gasteiger partial charge in [-0.1, -0.05) is 0 Å². The summed E-state index contributed by atoms with van der Waals surface area (Å²) in [7, 11) is 0. The van der Waals surface area contributed by atoms with Crippen molar-refractivity contribution in [1.82, 2.24) is 25.5 Å². The van der Waals surface area contributed by atoms with Crippen LogP contribution in [-0.2, 0) is 25.6 Å². The highest BCUT2D eigenvalue weighted by molar-refractivity contribution is 7.80. The molecule has 15 heteroatoms. The van der Waals surface area contributed by atoms with Gasteiger partial charge in [0.15, 0.2) is 5.96 Å². The number of likely N-dealkylation sites (tertiary alicyclic amines) is 1. The number of amides is 3. The number of aromatic nitrogens is 2. The summed E-state index contributed by atoms with van der Waals surface area (Å²) in [5.74, 6) is -2.82. The van der Waals surface area contributed by atoms with Crippen molar-refractivity contribution < 1.29 is 24.3 Å². The summed E-state index contributed by atoms with van der Waals surface area (Å²) < 4.78 is 0. The summed E-state index contributed by atoms with van der Waals surface area (Å²) in [5, 5.41) is 14.7. The normalized spacial score (nSPS) is 17.8. The number of nitrogens with one attached hydrogen (secondary N) is 3. The van der Waals surface area contributed by atoms with Gasteiger partial charge < -0.3 is 42.8 Å². The van der Waals surface area contributed by atoms with Crippen molar-refractivity contribution in [3.63, 3.8) is 0 Å². The number of nitrogens with zero attached hydrogens (tertiary/aromatic N) is 3. The van der Waals surface area contributed by atoms with Gasteiger partial charge in [0.25, 0.3) is 0 Å². The van der Waals surface area contributed by atoms with Crippen molar-refractivity contribution >= 4 is 42.3 Å². The number of aliphatic carboxylic acids is 1. The van der Waals surface area contributed by atoms with Crippen LogP contribution in [0.25, 0.3) is 0 Å².